The highest BCUT2D eigenvalue weighted by molar-refractivity contribution is 5.79. The van der Waals surface area contributed by atoms with E-state index in [0.717, 1.165) is 28.0 Å². The lowest BCUT2D eigenvalue weighted by atomic mass is 9.94. The number of esters is 1. The monoisotopic (exact) mass is 251 g/mol. The van der Waals surface area contributed by atoms with Gasteiger partial charge in [0.1, 0.15) is 11.8 Å². The van der Waals surface area contributed by atoms with Crippen molar-refractivity contribution < 1.29 is 14.3 Å². The van der Waals surface area contributed by atoms with Gasteiger partial charge < -0.3 is 14.8 Å². The standard InChI is InChI=1S/C14H21NO3/c1-8-7-9(2)11(13(17-5)10(8)3)12(15-4)14(16)18-6/h7,12,15H,1-6H3. The van der Waals surface area contributed by atoms with Gasteiger partial charge in [0.15, 0.2) is 0 Å². The van der Waals surface area contributed by atoms with Crippen LogP contribution < -0.4 is 10.1 Å². The number of methoxy groups -OCH3 is 2. The Morgan fingerprint density at radius 2 is 1.83 bits per heavy atom. The summed E-state index contributed by atoms with van der Waals surface area (Å²) >= 11 is 0. The molecule has 0 heterocycles. The van der Waals surface area contributed by atoms with Crippen LogP contribution in [0.1, 0.15) is 28.3 Å². The highest BCUT2D eigenvalue weighted by atomic mass is 16.5. The lowest BCUT2D eigenvalue weighted by Crippen LogP contribution is -2.28. The number of carbonyl (C=O) groups is 1. The summed E-state index contributed by atoms with van der Waals surface area (Å²) in [7, 11) is 4.74. The van der Waals surface area contributed by atoms with Crippen LogP contribution in [-0.4, -0.2) is 27.2 Å². The van der Waals surface area contributed by atoms with Gasteiger partial charge in [-0.1, -0.05) is 6.07 Å². The van der Waals surface area contributed by atoms with Gasteiger partial charge in [0.05, 0.1) is 14.2 Å². The zero-order chi connectivity index (χ0) is 13.9. The van der Waals surface area contributed by atoms with Crippen LogP contribution in [0.25, 0.3) is 0 Å². The molecule has 4 heteroatoms. The van der Waals surface area contributed by atoms with E-state index in [4.69, 9.17) is 9.47 Å². The van der Waals surface area contributed by atoms with E-state index >= 15 is 0 Å². The summed E-state index contributed by atoms with van der Waals surface area (Å²) in [6.07, 6.45) is 0. The van der Waals surface area contributed by atoms with Gasteiger partial charge in [-0.2, -0.15) is 0 Å². The Morgan fingerprint density at radius 3 is 2.28 bits per heavy atom. The lowest BCUT2D eigenvalue weighted by molar-refractivity contribution is -0.143. The van der Waals surface area contributed by atoms with E-state index in [0.29, 0.717) is 0 Å². The van der Waals surface area contributed by atoms with Gasteiger partial charge in [-0.15, -0.1) is 0 Å². The molecule has 4 nitrogen and oxygen atoms in total. The average molecular weight is 251 g/mol. The van der Waals surface area contributed by atoms with Gasteiger partial charge in [-0.25, -0.2) is 4.79 Å². The summed E-state index contributed by atoms with van der Waals surface area (Å²) in [5, 5.41) is 2.98. The summed E-state index contributed by atoms with van der Waals surface area (Å²) in [5.74, 6) is 0.430. The number of rotatable bonds is 4. The summed E-state index contributed by atoms with van der Waals surface area (Å²) < 4.78 is 10.3. The molecule has 0 saturated heterocycles. The summed E-state index contributed by atoms with van der Waals surface area (Å²) in [6.45, 7) is 5.99. The van der Waals surface area contributed by atoms with Gasteiger partial charge in [0.2, 0.25) is 0 Å². The predicted octanol–water partition coefficient (Wildman–Crippen LogP) is 2.05. The summed E-state index contributed by atoms with van der Waals surface area (Å²) in [6, 6.07) is 1.55. The van der Waals surface area contributed by atoms with Gasteiger partial charge in [-0.3, -0.25) is 0 Å². The molecule has 1 atom stereocenters. The molecule has 0 fully saturated rings. The molecule has 1 aromatic carbocycles. The van der Waals surface area contributed by atoms with E-state index in [1.54, 1.807) is 14.2 Å². The van der Waals surface area contributed by atoms with Gasteiger partial charge in [-0.05, 0) is 44.5 Å². The number of likely N-dealkylation sites (N-methyl/N-ethyl adjacent to an activating group) is 1. The Morgan fingerprint density at radius 1 is 1.22 bits per heavy atom. The van der Waals surface area contributed by atoms with E-state index in [2.05, 4.69) is 11.4 Å². The molecule has 0 aliphatic heterocycles. The van der Waals surface area contributed by atoms with E-state index in [-0.39, 0.29) is 5.97 Å². The van der Waals surface area contributed by atoms with Crippen LogP contribution in [0, 0.1) is 20.8 Å². The van der Waals surface area contributed by atoms with Crippen LogP contribution in [0.5, 0.6) is 5.75 Å². The fraction of sp³-hybridized carbons (Fsp3) is 0.500. The molecule has 18 heavy (non-hydrogen) atoms. The molecule has 0 saturated carbocycles. The number of nitrogens with one attached hydrogen (secondary N) is 1. The second-order valence-corrected chi connectivity index (χ2v) is 4.33. The normalized spacial score (nSPS) is 12.1. The minimum Gasteiger partial charge on any atom is -0.496 e. The van der Waals surface area contributed by atoms with Crippen molar-refractivity contribution in [3.63, 3.8) is 0 Å². The number of benzene rings is 1. The lowest BCUT2D eigenvalue weighted by Gasteiger charge is -2.22. The van der Waals surface area contributed by atoms with Crippen molar-refractivity contribution in [2.24, 2.45) is 0 Å². The van der Waals surface area contributed by atoms with Gasteiger partial charge in [0.25, 0.3) is 0 Å². The second-order valence-electron chi connectivity index (χ2n) is 4.33. The summed E-state index contributed by atoms with van der Waals surface area (Å²) in [4.78, 5) is 11.8. The smallest absolute Gasteiger partial charge is 0.327 e. The first-order valence-corrected chi connectivity index (χ1v) is 5.87. The second kappa shape index (κ2) is 5.87. The van der Waals surface area contributed by atoms with Crippen molar-refractivity contribution in [1.82, 2.24) is 5.32 Å². The largest absolute Gasteiger partial charge is 0.496 e. The first kappa shape index (κ1) is 14.5. The molecule has 100 valence electrons. The molecular weight excluding hydrogens is 230 g/mol. The highest BCUT2D eigenvalue weighted by Gasteiger charge is 2.26. The molecule has 1 N–H and O–H groups in total. The van der Waals surface area contributed by atoms with Gasteiger partial charge >= 0.3 is 5.97 Å². The van der Waals surface area contributed by atoms with E-state index in [1.165, 1.54) is 7.11 Å². The molecule has 1 aromatic rings. The van der Waals surface area contributed by atoms with Crippen LogP contribution >= 0.6 is 0 Å². The first-order valence-electron chi connectivity index (χ1n) is 5.87. The third-order valence-corrected chi connectivity index (χ3v) is 3.25. The van der Waals surface area contributed by atoms with Crippen molar-refractivity contribution in [3.05, 3.63) is 28.3 Å². The van der Waals surface area contributed by atoms with Gasteiger partial charge in [0, 0.05) is 5.56 Å². The molecule has 0 aliphatic carbocycles. The molecule has 0 aromatic heterocycles. The number of ether oxygens (including phenoxy) is 2. The predicted molar refractivity (Wildman–Crippen MR) is 71.0 cm³/mol. The van der Waals surface area contributed by atoms with Crippen molar-refractivity contribution in [1.29, 1.82) is 0 Å². The maximum absolute atomic E-state index is 11.8. The Bertz CT molecular complexity index is 455. The van der Waals surface area contributed by atoms with Crippen molar-refractivity contribution >= 4 is 5.97 Å². The fourth-order valence-electron chi connectivity index (χ4n) is 2.19. The van der Waals surface area contributed by atoms with Crippen molar-refractivity contribution in [2.75, 3.05) is 21.3 Å². The zero-order valence-electron chi connectivity index (χ0n) is 11.9. The van der Waals surface area contributed by atoms with E-state index in [9.17, 15) is 4.79 Å². The fourth-order valence-corrected chi connectivity index (χ4v) is 2.19. The van der Waals surface area contributed by atoms with Crippen LogP contribution in [0.15, 0.2) is 6.07 Å². The van der Waals surface area contributed by atoms with Crippen LogP contribution in [0.4, 0.5) is 0 Å². The first-order chi connectivity index (χ1) is 8.47. The summed E-state index contributed by atoms with van der Waals surface area (Å²) in [5.41, 5.74) is 4.05. The number of aryl methyl sites for hydroxylation is 2. The third-order valence-electron chi connectivity index (χ3n) is 3.25. The van der Waals surface area contributed by atoms with E-state index in [1.807, 2.05) is 20.8 Å². The third kappa shape index (κ3) is 2.48. The van der Waals surface area contributed by atoms with Crippen LogP contribution in [-0.2, 0) is 9.53 Å². The average Bonchev–Trinajstić information content (AvgIpc) is 2.36. The van der Waals surface area contributed by atoms with Crippen LogP contribution in [0.2, 0.25) is 0 Å². The number of hydrogen-bond acceptors (Lipinski definition) is 4. The molecule has 1 rings (SSSR count). The minimum absolute atomic E-state index is 0.317. The quantitative estimate of drug-likeness (QED) is 0.832. The number of carbonyl (C=O) groups excluding carboxylic acids is 1. The zero-order valence-corrected chi connectivity index (χ0v) is 11.9. The Labute approximate surface area is 108 Å². The maximum Gasteiger partial charge on any atom is 0.327 e. The maximum atomic E-state index is 11.8. The Balaban J connectivity index is 3.46. The SMILES string of the molecule is CNC(C(=O)OC)c1c(C)cc(C)c(C)c1OC. The Hall–Kier alpha value is -1.55. The molecule has 0 radical (unpaired) electrons. The van der Waals surface area contributed by atoms with E-state index < -0.39 is 6.04 Å². The molecule has 1 unspecified atom stereocenters. The molecule has 0 bridgehead atoms. The van der Waals surface area contributed by atoms with Crippen molar-refractivity contribution in [3.8, 4) is 5.75 Å². The molecule has 0 amide bonds. The highest BCUT2D eigenvalue weighted by Crippen LogP contribution is 2.34. The molecule has 0 spiro atoms. The van der Waals surface area contributed by atoms with Crippen LogP contribution in [0.3, 0.4) is 0 Å². The molecular formula is C14H21NO3. The number of hydrogen-bond donors (Lipinski definition) is 1. The topological polar surface area (TPSA) is 47.6 Å². The molecule has 0 aliphatic rings. The Kier molecular flexibility index (Phi) is 4.73. The minimum atomic E-state index is -0.510. The van der Waals surface area contributed by atoms with Crippen molar-refractivity contribution in [2.45, 2.75) is 26.8 Å².